The maximum Gasteiger partial charge on any atom is 0.223 e. The van der Waals surface area contributed by atoms with E-state index in [1.54, 1.807) is 24.4 Å². The van der Waals surface area contributed by atoms with Crippen LogP contribution in [0.2, 0.25) is 0 Å². The fourth-order valence-corrected chi connectivity index (χ4v) is 3.20. The summed E-state index contributed by atoms with van der Waals surface area (Å²) in [6, 6.07) is 10.4. The summed E-state index contributed by atoms with van der Waals surface area (Å²) in [5.74, 6) is 0.309. The number of anilines is 1. The van der Waals surface area contributed by atoms with Gasteiger partial charge in [0.15, 0.2) is 0 Å². The zero-order valence-electron chi connectivity index (χ0n) is 14.7. The van der Waals surface area contributed by atoms with Gasteiger partial charge in [-0.05, 0) is 48.6 Å². The highest BCUT2D eigenvalue weighted by Crippen LogP contribution is 2.16. The van der Waals surface area contributed by atoms with Crippen molar-refractivity contribution in [2.45, 2.75) is 31.8 Å². The van der Waals surface area contributed by atoms with Crippen molar-refractivity contribution in [2.24, 2.45) is 0 Å². The summed E-state index contributed by atoms with van der Waals surface area (Å²) in [6.45, 7) is 1.71. The lowest BCUT2D eigenvalue weighted by molar-refractivity contribution is -0.138. The van der Waals surface area contributed by atoms with Gasteiger partial charge in [-0.15, -0.1) is 0 Å². The summed E-state index contributed by atoms with van der Waals surface area (Å²) in [7, 11) is 0. The molecule has 0 spiro atoms. The number of halogens is 1. The number of carbonyl (C=O) groups is 1. The van der Waals surface area contributed by atoms with Crippen LogP contribution in [0.15, 0.2) is 42.6 Å². The molecule has 1 aliphatic heterocycles. The predicted octanol–water partition coefficient (Wildman–Crippen LogP) is 2.60. The monoisotopic (exact) mass is 357 g/mol. The fraction of sp³-hybridized carbons (Fsp3) is 0.400. The quantitative estimate of drug-likeness (QED) is 0.863. The van der Waals surface area contributed by atoms with Gasteiger partial charge >= 0.3 is 0 Å². The van der Waals surface area contributed by atoms with Gasteiger partial charge in [0, 0.05) is 25.7 Å². The minimum Gasteiger partial charge on any atom is -0.384 e. The molecule has 1 aliphatic rings. The first-order chi connectivity index (χ1) is 12.6. The molecular formula is C20H24FN3O2. The van der Waals surface area contributed by atoms with Gasteiger partial charge in [0.05, 0.1) is 12.7 Å². The van der Waals surface area contributed by atoms with Crippen LogP contribution in [0.1, 0.15) is 24.0 Å². The zero-order valence-corrected chi connectivity index (χ0v) is 14.7. The van der Waals surface area contributed by atoms with Crippen LogP contribution in [0, 0.1) is 5.82 Å². The highest BCUT2D eigenvalue weighted by molar-refractivity contribution is 5.76. The zero-order chi connectivity index (χ0) is 18.4. The van der Waals surface area contributed by atoms with Gasteiger partial charge in [-0.1, -0.05) is 18.2 Å². The number of morpholine rings is 1. The number of benzene rings is 1. The van der Waals surface area contributed by atoms with Crippen LogP contribution >= 0.6 is 0 Å². The van der Waals surface area contributed by atoms with Gasteiger partial charge in [0.1, 0.15) is 11.6 Å². The third-order valence-corrected chi connectivity index (χ3v) is 4.66. The van der Waals surface area contributed by atoms with Crippen LogP contribution in [0.5, 0.6) is 0 Å². The molecular weight excluding hydrogens is 333 g/mol. The van der Waals surface area contributed by atoms with Crippen molar-refractivity contribution >= 4 is 11.7 Å². The number of pyridine rings is 1. The molecule has 0 aliphatic carbocycles. The molecule has 0 bridgehead atoms. The maximum absolute atomic E-state index is 13.7. The van der Waals surface area contributed by atoms with E-state index < -0.39 is 0 Å². The van der Waals surface area contributed by atoms with Crippen molar-refractivity contribution in [2.75, 3.05) is 25.4 Å². The smallest absolute Gasteiger partial charge is 0.223 e. The molecule has 3 rings (SSSR count). The topological polar surface area (TPSA) is 68.5 Å². The van der Waals surface area contributed by atoms with Crippen molar-refractivity contribution in [3.05, 3.63) is 59.5 Å². The number of hydrogen-bond donors (Lipinski definition) is 1. The second kappa shape index (κ2) is 8.76. The van der Waals surface area contributed by atoms with Gasteiger partial charge in [-0.2, -0.15) is 0 Å². The third-order valence-electron chi connectivity index (χ3n) is 4.66. The van der Waals surface area contributed by atoms with Crippen molar-refractivity contribution in [3.8, 4) is 0 Å². The van der Waals surface area contributed by atoms with E-state index in [-0.39, 0.29) is 17.8 Å². The minimum absolute atomic E-state index is 0.00977. The number of nitrogens with two attached hydrogens (primary N) is 1. The molecule has 1 atom stereocenters. The Balaban J connectivity index is 1.48. The van der Waals surface area contributed by atoms with E-state index in [0.29, 0.717) is 43.9 Å². The average Bonchev–Trinajstić information content (AvgIpc) is 2.66. The number of amides is 1. The molecule has 1 amide bonds. The number of nitrogens with zero attached hydrogens (tertiary/aromatic N) is 2. The molecule has 0 unspecified atom stereocenters. The Morgan fingerprint density at radius 1 is 1.31 bits per heavy atom. The summed E-state index contributed by atoms with van der Waals surface area (Å²) in [5, 5.41) is 0. The molecule has 0 radical (unpaired) electrons. The van der Waals surface area contributed by atoms with Crippen LogP contribution in [0.4, 0.5) is 10.2 Å². The van der Waals surface area contributed by atoms with Crippen LogP contribution in [0.25, 0.3) is 0 Å². The van der Waals surface area contributed by atoms with Crippen molar-refractivity contribution in [1.29, 1.82) is 0 Å². The predicted molar refractivity (Wildman–Crippen MR) is 98.0 cm³/mol. The molecule has 1 aromatic heterocycles. The Kier molecular flexibility index (Phi) is 6.17. The van der Waals surface area contributed by atoms with Crippen LogP contribution in [0.3, 0.4) is 0 Å². The van der Waals surface area contributed by atoms with Crippen LogP contribution < -0.4 is 5.73 Å². The molecule has 2 N–H and O–H groups in total. The number of carbonyl (C=O) groups excluding carboxylic acids is 1. The van der Waals surface area contributed by atoms with Crippen molar-refractivity contribution in [3.63, 3.8) is 0 Å². The van der Waals surface area contributed by atoms with Crippen LogP contribution in [-0.4, -0.2) is 41.6 Å². The van der Waals surface area contributed by atoms with E-state index in [4.69, 9.17) is 10.5 Å². The number of aromatic nitrogens is 1. The average molecular weight is 357 g/mol. The van der Waals surface area contributed by atoms with Gasteiger partial charge in [0.2, 0.25) is 5.91 Å². The van der Waals surface area contributed by atoms with Gasteiger partial charge in [0.25, 0.3) is 0 Å². The molecule has 138 valence electrons. The molecule has 2 heterocycles. The Morgan fingerprint density at radius 3 is 2.96 bits per heavy atom. The normalized spacial score (nSPS) is 17.3. The fourth-order valence-electron chi connectivity index (χ4n) is 3.20. The van der Waals surface area contributed by atoms with E-state index >= 15 is 0 Å². The maximum atomic E-state index is 13.7. The van der Waals surface area contributed by atoms with E-state index in [2.05, 4.69) is 4.98 Å². The SMILES string of the molecule is Nc1cc(CC[C@H]2CN(C(=O)CCc3ccccc3F)CCO2)ccn1. The molecule has 1 saturated heterocycles. The standard InChI is InChI=1S/C20H24FN3O2/c21-18-4-2-1-3-16(18)6-8-20(25)24-11-12-26-17(14-24)7-5-15-9-10-23-19(22)13-15/h1-4,9-10,13,17H,5-8,11-12,14H2,(H2,22,23)/t17-/m0/s1. The number of aryl methyl sites for hydroxylation is 2. The first kappa shape index (κ1) is 18.3. The van der Waals surface area contributed by atoms with E-state index in [1.807, 2.05) is 17.0 Å². The lowest BCUT2D eigenvalue weighted by Crippen LogP contribution is -2.45. The molecule has 5 nitrogen and oxygen atoms in total. The summed E-state index contributed by atoms with van der Waals surface area (Å²) in [6.07, 6.45) is 4.09. The number of hydrogen-bond acceptors (Lipinski definition) is 4. The lowest BCUT2D eigenvalue weighted by atomic mass is 10.1. The first-order valence-corrected chi connectivity index (χ1v) is 8.95. The van der Waals surface area contributed by atoms with Crippen molar-refractivity contribution < 1.29 is 13.9 Å². The molecule has 6 heteroatoms. The Morgan fingerprint density at radius 2 is 2.15 bits per heavy atom. The number of nitrogen functional groups attached to an aromatic ring is 1. The Bertz CT molecular complexity index is 753. The highest BCUT2D eigenvalue weighted by Gasteiger charge is 2.24. The first-order valence-electron chi connectivity index (χ1n) is 8.95. The lowest BCUT2D eigenvalue weighted by Gasteiger charge is -2.33. The Hall–Kier alpha value is -2.47. The molecule has 1 fully saturated rings. The summed E-state index contributed by atoms with van der Waals surface area (Å²) >= 11 is 0. The van der Waals surface area contributed by atoms with E-state index in [9.17, 15) is 9.18 Å². The summed E-state index contributed by atoms with van der Waals surface area (Å²) < 4.78 is 19.5. The molecule has 0 saturated carbocycles. The molecule has 2 aromatic rings. The van der Waals surface area contributed by atoms with Gasteiger partial charge < -0.3 is 15.4 Å². The second-order valence-corrected chi connectivity index (χ2v) is 6.55. The van der Waals surface area contributed by atoms with Gasteiger partial charge in [-0.25, -0.2) is 9.37 Å². The number of ether oxygens (including phenoxy) is 1. The molecule has 26 heavy (non-hydrogen) atoms. The second-order valence-electron chi connectivity index (χ2n) is 6.55. The van der Waals surface area contributed by atoms with Gasteiger partial charge in [-0.3, -0.25) is 4.79 Å². The summed E-state index contributed by atoms with van der Waals surface area (Å²) in [4.78, 5) is 18.3. The van der Waals surface area contributed by atoms with E-state index in [0.717, 1.165) is 18.4 Å². The number of rotatable bonds is 6. The Labute approximate surface area is 153 Å². The van der Waals surface area contributed by atoms with Crippen LogP contribution in [-0.2, 0) is 22.4 Å². The largest absolute Gasteiger partial charge is 0.384 e. The molecule has 1 aromatic carbocycles. The van der Waals surface area contributed by atoms with Crippen molar-refractivity contribution in [1.82, 2.24) is 9.88 Å². The summed E-state index contributed by atoms with van der Waals surface area (Å²) in [5.41, 5.74) is 7.40. The highest BCUT2D eigenvalue weighted by atomic mass is 19.1. The third kappa shape index (κ3) is 5.02. The van der Waals surface area contributed by atoms with E-state index in [1.165, 1.54) is 6.07 Å². The minimum atomic E-state index is -0.253.